The lowest BCUT2D eigenvalue weighted by Crippen LogP contribution is -2.26. The molecule has 0 saturated heterocycles. The van der Waals surface area contributed by atoms with Gasteiger partial charge in [-0.15, -0.1) is 5.10 Å². The number of nitrogens with one attached hydrogen (secondary N) is 1. The molecule has 1 N–H and O–H groups in total. The smallest absolute Gasteiger partial charge is 0.338 e. The zero-order valence-corrected chi connectivity index (χ0v) is 19.0. The maximum absolute atomic E-state index is 12.6. The molecule has 0 saturated carbocycles. The molecule has 178 valence electrons. The Morgan fingerprint density at radius 3 is 2.91 bits per heavy atom. The number of pyridine rings is 1. The molecule has 0 spiro atoms. The monoisotopic (exact) mass is 473 g/mol. The van der Waals surface area contributed by atoms with Crippen LogP contribution in [-0.4, -0.2) is 54.6 Å². The summed E-state index contributed by atoms with van der Waals surface area (Å²) in [7, 11) is 0. The van der Waals surface area contributed by atoms with Crippen LogP contribution in [0.2, 0.25) is 0 Å². The number of amides is 1. The number of esters is 1. The number of hydrogen-bond donors (Lipinski definition) is 1. The number of rotatable bonds is 7. The molecule has 0 radical (unpaired) electrons. The molecule has 11 nitrogen and oxygen atoms in total. The lowest BCUT2D eigenvalue weighted by atomic mass is 10.1. The fraction of sp³-hybridized carbons (Fsp3) is 0.250. The number of ether oxygens (including phenoxy) is 2. The molecule has 4 aromatic rings. The SMILES string of the molecule is CCOC(=O)c1cccc(-c2cn(-c3ccc(C(=O)NCc4cnc5n4CCOC5)nc3)nn2)c1. The molecule has 35 heavy (non-hydrogen) atoms. The first-order valence-corrected chi connectivity index (χ1v) is 11.2. The molecular formula is C24H23N7O4. The Hall–Kier alpha value is -4.38. The van der Waals surface area contributed by atoms with E-state index in [9.17, 15) is 9.59 Å². The van der Waals surface area contributed by atoms with Gasteiger partial charge in [0.2, 0.25) is 0 Å². The van der Waals surface area contributed by atoms with Crippen LogP contribution in [-0.2, 0) is 29.2 Å². The molecule has 0 atom stereocenters. The largest absolute Gasteiger partial charge is 0.462 e. The van der Waals surface area contributed by atoms with Crippen molar-refractivity contribution in [2.24, 2.45) is 0 Å². The number of aromatic nitrogens is 6. The van der Waals surface area contributed by atoms with E-state index in [4.69, 9.17) is 9.47 Å². The van der Waals surface area contributed by atoms with E-state index < -0.39 is 0 Å². The second-order valence-electron chi connectivity index (χ2n) is 7.80. The van der Waals surface area contributed by atoms with Crippen molar-refractivity contribution in [3.63, 3.8) is 0 Å². The summed E-state index contributed by atoms with van der Waals surface area (Å²) >= 11 is 0. The van der Waals surface area contributed by atoms with Crippen molar-refractivity contribution in [1.29, 1.82) is 0 Å². The van der Waals surface area contributed by atoms with Crippen LogP contribution < -0.4 is 5.32 Å². The summed E-state index contributed by atoms with van der Waals surface area (Å²) in [5.74, 6) is 0.193. The van der Waals surface area contributed by atoms with Crippen LogP contribution >= 0.6 is 0 Å². The third-order valence-corrected chi connectivity index (χ3v) is 5.55. The minimum atomic E-state index is -0.387. The van der Waals surface area contributed by atoms with Gasteiger partial charge in [0, 0.05) is 12.1 Å². The quantitative estimate of drug-likeness (QED) is 0.405. The molecule has 0 aliphatic carbocycles. The highest BCUT2D eigenvalue weighted by atomic mass is 16.5. The molecule has 1 amide bonds. The van der Waals surface area contributed by atoms with Crippen molar-refractivity contribution in [2.45, 2.75) is 26.6 Å². The van der Waals surface area contributed by atoms with Gasteiger partial charge in [0.05, 0.1) is 55.3 Å². The predicted octanol–water partition coefficient (Wildman–Crippen LogP) is 2.16. The zero-order chi connectivity index (χ0) is 24.2. The number of nitrogens with zero attached hydrogens (tertiary/aromatic N) is 6. The van der Waals surface area contributed by atoms with E-state index in [1.165, 1.54) is 0 Å². The van der Waals surface area contributed by atoms with Gasteiger partial charge in [0.15, 0.2) is 0 Å². The zero-order valence-electron chi connectivity index (χ0n) is 19.0. The Morgan fingerprint density at radius 1 is 1.17 bits per heavy atom. The summed E-state index contributed by atoms with van der Waals surface area (Å²) in [6, 6.07) is 10.4. The lowest BCUT2D eigenvalue weighted by molar-refractivity contribution is 0.0526. The summed E-state index contributed by atoms with van der Waals surface area (Å²) in [5, 5.41) is 11.2. The van der Waals surface area contributed by atoms with Crippen molar-refractivity contribution >= 4 is 11.9 Å². The molecule has 11 heteroatoms. The van der Waals surface area contributed by atoms with E-state index in [-0.39, 0.29) is 17.6 Å². The fourth-order valence-corrected chi connectivity index (χ4v) is 3.76. The first kappa shape index (κ1) is 22.4. The second-order valence-corrected chi connectivity index (χ2v) is 7.80. The topological polar surface area (TPSA) is 126 Å². The first-order valence-electron chi connectivity index (χ1n) is 11.2. The second kappa shape index (κ2) is 9.85. The van der Waals surface area contributed by atoms with Crippen LogP contribution in [0.1, 0.15) is 39.3 Å². The minimum Gasteiger partial charge on any atom is -0.462 e. The van der Waals surface area contributed by atoms with Crippen molar-refractivity contribution in [2.75, 3.05) is 13.2 Å². The molecule has 0 bridgehead atoms. The van der Waals surface area contributed by atoms with E-state index >= 15 is 0 Å². The molecule has 0 unspecified atom stereocenters. The number of fused-ring (bicyclic) bond motifs is 1. The van der Waals surface area contributed by atoms with E-state index in [1.807, 2.05) is 6.07 Å². The average Bonchev–Trinajstić information content (AvgIpc) is 3.55. The molecule has 4 heterocycles. The maximum atomic E-state index is 12.6. The van der Waals surface area contributed by atoms with Gasteiger partial charge < -0.3 is 19.4 Å². The molecule has 1 aliphatic heterocycles. The average molecular weight is 473 g/mol. The van der Waals surface area contributed by atoms with Gasteiger partial charge in [-0.3, -0.25) is 4.79 Å². The van der Waals surface area contributed by atoms with E-state index in [1.54, 1.807) is 60.5 Å². The van der Waals surface area contributed by atoms with Crippen molar-refractivity contribution in [3.05, 3.63) is 77.8 Å². The summed E-state index contributed by atoms with van der Waals surface area (Å²) in [6.07, 6.45) is 5.04. The Balaban J connectivity index is 1.25. The van der Waals surface area contributed by atoms with Gasteiger partial charge in [-0.1, -0.05) is 17.3 Å². The standard InChI is InChI=1S/C24H23N7O4/c1-2-35-24(33)17-5-3-4-16(10-17)21-14-31(29-28-21)18-6-7-20(25-11-18)23(32)27-13-19-12-26-22-15-34-9-8-30(19)22/h3-7,10-12,14H,2,8-9,13,15H2,1H3,(H,27,32). The van der Waals surface area contributed by atoms with Gasteiger partial charge in [-0.25, -0.2) is 19.4 Å². The fourth-order valence-electron chi connectivity index (χ4n) is 3.76. The molecule has 5 rings (SSSR count). The Bertz CT molecular complexity index is 1360. The lowest BCUT2D eigenvalue weighted by Gasteiger charge is -2.17. The minimum absolute atomic E-state index is 0.283. The van der Waals surface area contributed by atoms with Crippen LogP contribution in [0.5, 0.6) is 0 Å². The molecule has 1 aromatic carbocycles. The van der Waals surface area contributed by atoms with Crippen LogP contribution in [0.15, 0.2) is 55.0 Å². The molecule has 1 aliphatic rings. The van der Waals surface area contributed by atoms with E-state index in [0.29, 0.717) is 43.3 Å². The highest BCUT2D eigenvalue weighted by Gasteiger charge is 2.16. The normalized spacial score (nSPS) is 12.7. The number of imidazole rings is 1. The summed E-state index contributed by atoms with van der Waals surface area (Å²) in [5.41, 5.74) is 3.63. The third kappa shape index (κ3) is 4.80. The van der Waals surface area contributed by atoms with Crippen LogP contribution in [0.3, 0.4) is 0 Å². The summed E-state index contributed by atoms with van der Waals surface area (Å²) in [6.45, 7) is 4.26. The summed E-state index contributed by atoms with van der Waals surface area (Å²) in [4.78, 5) is 33.2. The van der Waals surface area contributed by atoms with Crippen LogP contribution in [0.4, 0.5) is 0 Å². The van der Waals surface area contributed by atoms with Crippen molar-refractivity contribution in [1.82, 2.24) is 34.8 Å². The Labute approximate surface area is 200 Å². The van der Waals surface area contributed by atoms with Crippen molar-refractivity contribution in [3.8, 4) is 16.9 Å². The van der Waals surface area contributed by atoms with Crippen LogP contribution in [0, 0.1) is 0 Å². The number of hydrogen-bond acceptors (Lipinski definition) is 8. The molecule has 3 aromatic heterocycles. The Kier molecular flexibility index (Phi) is 6.31. The van der Waals surface area contributed by atoms with E-state index in [0.717, 1.165) is 23.6 Å². The predicted molar refractivity (Wildman–Crippen MR) is 124 cm³/mol. The Morgan fingerprint density at radius 2 is 2.09 bits per heavy atom. The number of carbonyl (C=O) groups is 2. The highest BCUT2D eigenvalue weighted by molar-refractivity contribution is 5.92. The molecular weight excluding hydrogens is 450 g/mol. The third-order valence-electron chi connectivity index (χ3n) is 5.55. The summed E-state index contributed by atoms with van der Waals surface area (Å²) < 4.78 is 14.1. The highest BCUT2D eigenvalue weighted by Crippen LogP contribution is 2.20. The van der Waals surface area contributed by atoms with Crippen molar-refractivity contribution < 1.29 is 19.1 Å². The molecule has 0 fully saturated rings. The van der Waals surface area contributed by atoms with Gasteiger partial charge in [0.1, 0.15) is 23.8 Å². The number of benzene rings is 1. The maximum Gasteiger partial charge on any atom is 0.338 e. The first-order chi connectivity index (χ1) is 17.1. The number of carbonyl (C=O) groups excluding carboxylic acids is 2. The van der Waals surface area contributed by atoms with Gasteiger partial charge >= 0.3 is 5.97 Å². The van der Waals surface area contributed by atoms with Gasteiger partial charge in [-0.05, 0) is 31.2 Å². The van der Waals surface area contributed by atoms with Gasteiger partial charge in [0.25, 0.3) is 5.91 Å². The van der Waals surface area contributed by atoms with Crippen LogP contribution in [0.25, 0.3) is 16.9 Å². The van der Waals surface area contributed by atoms with E-state index in [2.05, 4.69) is 30.2 Å². The van der Waals surface area contributed by atoms with Gasteiger partial charge in [-0.2, -0.15) is 0 Å².